The number of nitrogens with zero attached hydrogens (tertiary/aromatic N) is 1. The van der Waals surface area contributed by atoms with Crippen molar-refractivity contribution in [2.75, 3.05) is 20.0 Å². The molecule has 1 aromatic rings. The lowest BCUT2D eigenvalue weighted by Gasteiger charge is -2.05. The number of thiol groups is 1. The molecule has 0 fully saturated rings. The van der Waals surface area contributed by atoms with Gasteiger partial charge < -0.3 is 9.47 Å². The molecule has 4 heteroatoms. The van der Waals surface area contributed by atoms with E-state index < -0.39 is 0 Å². The van der Waals surface area contributed by atoms with Crippen molar-refractivity contribution in [1.82, 2.24) is 4.98 Å². The molecule has 3 nitrogen and oxygen atoms in total. The van der Waals surface area contributed by atoms with Crippen molar-refractivity contribution in [1.29, 1.82) is 0 Å². The van der Waals surface area contributed by atoms with Gasteiger partial charge in [0.15, 0.2) is 0 Å². The van der Waals surface area contributed by atoms with Crippen molar-refractivity contribution in [3.63, 3.8) is 0 Å². The van der Waals surface area contributed by atoms with E-state index in [1.54, 1.807) is 20.3 Å². The summed E-state index contributed by atoms with van der Waals surface area (Å²) in [4.78, 5) is 4.14. The molecule has 76 valence electrons. The third-order valence-electron chi connectivity index (χ3n) is 1.67. The lowest BCUT2D eigenvalue weighted by molar-refractivity contribution is 0.364. The Morgan fingerprint density at radius 2 is 2.14 bits per heavy atom. The Morgan fingerprint density at radius 1 is 1.36 bits per heavy atom. The van der Waals surface area contributed by atoms with Crippen molar-refractivity contribution < 1.29 is 9.47 Å². The Kier molecular flexibility index (Phi) is 4.32. The number of rotatable bonds is 4. The highest BCUT2D eigenvalue weighted by molar-refractivity contribution is 7.80. The Labute approximate surface area is 89.2 Å². The molecule has 0 aliphatic carbocycles. The molecule has 0 N–H and O–H groups in total. The average Bonchev–Trinajstić information content (AvgIpc) is 2.26. The van der Waals surface area contributed by atoms with E-state index in [1.807, 2.05) is 18.2 Å². The van der Waals surface area contributed by atoms with E-state index in [-0.39, 0.29) is 0 Å². The zero-order valence-corrected chi connectivity index (χ0v) is 9.12. The number of hydrogen-bond acceptors (Lipinski definition) is 4. The first kappa shape index (κ1) is 10.9. The Hall–Kier alpha value is -1.16. The Bertz CT molecular complexity index is 326. The molecule has 0 atom stereocenters. The molecule has 0 aromatic carbocycles. The van der Waals surface area contributed by atoms with Crippen LogP contribution < -0.4 is 9.47 Å². The van der Waals surface area contributed by atoms with Crippen molar-refractivity contribution in [2.45, 2.75) is 0 Å². The summed E-state index contributed by atoms with van der Waals surface area (Å²) in [5.41, 5.74) is 0.919. The van der Waals surface area contributed by atoms with Crippen molar-refractivity contribution in [3.8, 4) is 11.8 Å². The maximum Gasteiger partial charge on any atom is 0.223 e. The van der Waals surface area contributed by atoms with Gasteiger partial charge in [-0.25, -0.2) is 0 Å². The van der Waals surface area contributed by atoms with Crippen LogP contribution in [0.2, 0.25) is 0 Å². The lowest BCUT2D eigenvalue weighted by atomic mass is 10.2. The van der Waals surface area contributed by atoms with Crippen LogP contribution >= 0.6 is 12.6 Å². The first-order valence-corrected chi connectivity index (χ1v) is 4.81. The first-order valence-electron chi connectivity index (χ1n) is 4.18. The fourth-order valence-electron chi connectivity index (χ4n) is 1.02. The van der Waals surface area contributed by atoms with Crippen LogP contribution in [0.25, 0.3) is 6.08 Å². The van der Waals surface area contributed by atoms with Crippen LogP contribution in [-0.4, -0.2) is 25.0 Å². The van der Waals surface area contributed by atoms with Crippen LogP contribution in [0.3, 0.4) is 0 Å². The van der Waals surface area contributed by atoms with Crippen molar-refractivity contribution in [2.24, 2.45) is 0 Å². The molecule has 1 aromatic heterocycles. The topological polar surface area (TPSA) is 31.4 Å². The predicted octanol–water partition coefficient (Wildman–Crippen LogP) is 2.04. The number of hydrogen-bond donors (Lipinski definition) is 1. The highest BCUT2D eigenvalue weighted by Crippen LogP contribution is 2.20. The Balaban J connectivity index is 2.99. The molecule has 0 saturated carbocycles. The number of pyridine rings is 1. The van der Waals surface area contributed by atoms with E-state index in [0.717, 1.165) is 5.56 Å². The maximum atomic E-state index is 5.12. The molecule has 0 amide bonds. The van der Waals surface area contributed by atoms with Crippen LogP contribution in [0.4, 0.5) is 0 Å². The van der Waals surface area contributed by atoms with E-state index >= 15 is 0 Å². The van der Waals surface area contributed by atoms with Gasteiger partial charge in [0.1, 0.15) is 0 Å². The minimum Gasteiger partial charge on any atom is -0.481 e. The van der Waals surface area contributed by atoms with Gasteiger partial charge in [-0.05, 0) is 6.07 Å². The average molecular weight is 211 g/mol. The molecular weight excluding hydrogens is 198 g/mol. The molecule has 0 bridgehead atoms. The van der Waals surface area contributed by atoms with Gasteiger partial charge in [0.25, 0.3) is 0 Å². The largest absolute Gasteiger partial charge is 0.481 e. The monoisotopic (exact) mass is 211 g/mol. The fourth-order valence-corrected chi connectivity index (χ4v) is 1.12. The molecule has 0 unspecified atom stereocenters. The third-order valence-corrected chi connectivity index (χ3v) is 1.88. The zero-order valence-electron chi connectivity index (χ0n) is 8.23. The van der Waals surface area contributed by atoms with Gasteiger partial charge in [0, 0.05) is 17.4 Å². The number of ether oxygens (including phenoxy) is 2. The molecule has 0 spiro atoms. The smallest absolute Gasteiger partial charge is 0.223 e. The van der Waals surface area contributed by atoms with Crippen molar-refractivity contribution >= 4 is 18.7 Å². The third kappa shape index (κ3) is 2.67. The van der Waals surface area contributed by atoms with Gasteiger partial charge in [0.05, 0.1) is 14.2 Å². The molecule has 0 radical (unpaired) electrons. The highest BCUT2D eigenvalue weighted by atomic mass is 32.1. The zero-order chi connectivity index (χ0) is 10.4. The summed E-state index contributed by atoms with van der Waals surface area (Å²) in [6.45, 7) is 0. The quantitative estimate of drug-likeness (QED) is 0.773. The van der Waals surface area contributed by atoms with E-state index in [4.69, 9.17) is 9.47 Å². The molecule has 14 heavy (non-hydrogen) atoms. The Morgan fingerprint density at radius 3 is 2.71 bits per heavy atom. The van der Waals surface area contributed by atoms with Gasteiger partial charge in [-0.3, -0.25) is 0 Å². The normalized spacial score (nSPS) is 10.5. The first-order chi connectivity index (χ1) is 6.81. The van der Waals surface area contributed by atoms with Gasteiger partial charge in [-0.15, -0.1) is 0 Å². The van der Waals surface area contributed by atoms with Gasteiger partial charge in [0.2, 0.25) is 11.8 Å². The summed E-state index contributed by atoms with van der Waals surface area (Å²) in [5, 5.41) is 0. The van der Waals surface area contributed by atoms with E-state index in [9.17, 15) is 0 Å². The molecular formula is C10H13NO2S. The predicted molar refractivity (Wildman–Crippen MR) is 60.2 cm³/mol. The fraction of sp³-hybridized carbons (Fsp3) is 0.300. The van der Waals surface area contributed by atoms with Gasteiger partial charge in [-0.1, -0.05) is 12.2 Å². The summed E-state index contributed by atoms with van der Waals surface area (Å²) in [6, 6.07) is 3.69. The second-order valence-electron chi connectivity index (χ2n) is 2.54. The standard InChI is InChI=1S/C10H13NO2S/c1-12-9-6-5-8(4-3-7-14)10(11-9)13-2/h3-6,14H,7H2,1-2H3. The van der Waals surface area contributed by atoms with E-state index in [1.165, 1.54) is 0 Å². The summed E-state index contributed by atoms with van der Waals surface area (Å²) in [5.74, 6) is 1.79. The summed E-state index contributed by atoms with van der Waals surface area (Å²) in [7, 11) is 3.16. The van der Waals surface area contributed by atoms with Crippen LogP contribution in [0.15, 0.2) is 18.2 Å². The molecule has 0 aliphatic rings. The summed E-state index contributed by atoms with van der Waals surface area (Å²) in [6.07, 6.45) is 3.84. The van der Waals surface area contributed by atoms with Crippen LogP contribution in [0, 0.1) is 0 Å². The van der Waals surface area contributed by atoms with E-state index in [2.05, 4.69) is 17.6 Å². The SMILES string of the molecule is COc1ccc(C=CCS)c(OC)n1. The lowest BCUT2D eigenvalue weighted by Crippen LogP contribution is -1.94. The molecule has 0 aliphatic heterocycles. The maximum absolute atomic E-state index is 5.12. The minimum absolute atomic E-state index is 0.546. The molecule has 1 heterocycles. The second kappa shape index (κ2) is 5.54. The summed E-state index contributed by atoms with van der Waals surface area (Å²) >= 11 is 4.08. The minimum atomic E-state index is 0.546. The van der Waals surface area contributed by atoms with Crippen molar-refractivity contribution in [3.05, 3.63) is 23.8 Å². The number of methoxy groups -OCH3 is 2. The summed E-state index contributed by atoms with van der Waals surface area (Å²) < 4.78 is 10.1. The highest BCUT2D eigenvalue weighted by Gasteiger charge is 2.02. The van der Waals surface area contributed by atoms with Crippen LogP contribution in [-0.2, 0) is 0 Å². The molecule has 1 rings (SSSR count). The molecule has 0 saturated heterocycles. The van der Waals surface area contributed by atoms with Gasteiger partial charge >= 0.3 is 0 Å². The second-order valence-corrected chi connectivity index (χ2v) is 2.90. The number of aromatic nitrogens is 1. The van der Waals surface area contributed by atoms with E-state index in [0.29, 0.717) is 17.5 Å². The van der Waals surface area contributed by atoms with Crippen LogP contribution in [0.5, 0.6) is 11.8 Å². The van der Waals surface area contributed by atoms with Gasteiger partial charge in [-0.2, -0.15) is 17.6 Å². The van der Waals surface area contributed by atoms with Crippen LogP contribution in [0.1, 0.15) is 5.56 Å².